The van der Waals surface area contributed by atoms with Crippen LogP contribution in [0.5, 0.6) is 11.5 Å². The number of hydrogen-bond acceptors (Lipinski definition) is 3. The molecule has 3 nitrogen and oxygen atoms in total. The van der Waals surface area contributed by atoms with Crippen molar-refractivity contribution in [2.75, 3.05) is 6.79 Å². The van der Waals surface area contributed by atoms with Crippen molar-refractivity contribution < 1.29 is 14.3 Å². The molecule has 13 heavy (non-hydrogen) atoms. The highest BCUT2D eigenvalue weighted by Crippen LogP contribution is 2.37. The number of carbonyl (C=O) groups is 1. The number of benzene rings is 1. The molecule has 1 aliphatic carbocycles. The van der Waals surface area contributed by atoms with Crippen molar-refractivity contribution in [1.82, 2.24) is 0 Å². The van der Waals surface area contributed by atoms with Crippen LogP contribution in [0, 0.1) is 0 Å². The zero-order valence-electron chi connectivity index (χ0n) is 6.74. The third-order valence-electron chi connectivity index (χ3n) is 2.22. The van der Waals surface area contributed by atoms with Gasteiger partial charge in [-0.05, 0) is 23.8 Å². The average molecular weight is 174 g/mol. The average Bonchev–Trinajstić information content (AvgIpc) is 2.70. The Hall–Kier alpha value is -1.77. The fraction of sp³-hybridized carbons (Fsp3) is 0.100. The predicted octanol–water partition coefficient (Wildman–Crippen LogP) is 1.62. The van der Waals surface area contributed by atoms with Crippen LogP contribution in [0.15, 0.2) is 18.2 Å². The van der Waals surface area contributed by atoms with Gasteiger partial charge in [0.1, 0.15) is 0 Å². The van der Waals surface area contributed by atoms with Gasteiger partial charge < -0.3 is 9.47 Å². The Kier molecular flexibility index (Phi) is 1.10. The second-order valence-corrected chi connectivity index (χ2v) is 2.99. The van der Waals surface area contributed by atoms with E-state index < -0.39 is 0 Å². The Bertz CT molecular complexity index is 432. The first-order valence-electron chi connectivity index (χ1n) is 4.01. The van der Waals surface area contributed by atoms with Gasteiger partial charge in [0.2, 0.25) is 6.79 Å². The van der Waals surface area contributed by atoms with E-state index in [1.807, 2.05) is 6.07 Å². The zero-order chi connectivity index (χ0) is 8.84. The summed E-state index contributed by atoms with van der Waals surface area (Å²) < 4.78 is 10.4. The smallest absolute Gasteiger partial charge is 0.231 e. The summed E-state index contributed by atoms with van der Waals surface area (Å²) in [6, 6.07) is 3.57. The highest BCUT2D eigenvalue weighted by Gasteiger charge is 2.21. The number of rotatable bonds is 0. The molecule has 3 rings (SSSR count). The van der Waals surface area contributed by atoms with Crippen LogP contribution in [0.2, 0.25) is 0 Å². The maximum Gasteiger partial charge on any atom is 0.231 e. The van der Waals surface area contributed by atoms with E-state index in [0.29, 0.717) is 11.3 Å². The second kappa shape index (κ2) is 2.13. The number of allylic oxidation sites excluding steroid dienone is 1. The van der Waals surface area contributed by atoms with E-state index >= 15 is 0 Å². The van der Waals surface area contributed by atoms with E-state index in [1.54, 1.807) is 18.2 Å². The molecule has 0 saturated heterocycles. The van der Waals surface area contributed by atoms with E-state index in [2.05, 4.69) is 0 Å². The molecule has 0 spiro atoms. The molecule has 2 aliphatic rings. The van der Waals surface area contributed by atoms with Crippen molar-refractivity contribution in [2.24, 2.45) is 0 Å². The largest absolute Gasteiger partial charge is 0.454 e. The maximum absolute atomic E-state index is 11.3. The van der Waals surface area contributed by atoms with Crippen LogP contribution in [0.1, 0.15) is 15.9 Å². The maximum atomic E-state index is 11.3. The zero-order valence-corrected chi connectivity index (χ0v) is 6.74. The lowest BCUT2D eigenvalue weighted by molar-refractivity contribution is 0.104. The Morgan fingerprint density at radius 3 is 2.69 bits per heavy atom. The number of carbonyl (C=O) groups excluding carboxylic acids is 1. The van der Waals surface area contributed by atoms with Crippen molar-refractivity contribution in [3.05, 3.63) is 29.3 Å². The van der Waals surface area contributed by atoms with Crippen LogP contribution in [-0.4, -0.2) is 12.6 Å². The lowest BCUT2D eigenvalue weighted by atomic mass is 10.1. The van der Waals surface area contributed by atoms with Crippen molar-refractivity contribution in [3.63, 3.8) is 0 Å². The van der Waals surface area contributed by atoms with Crippen LogP contribution in [-0.2, 0) is 0 Å². The fourth-order valence-electron chi connectivity index (χ4n) is 1.56. The Morgan fingerprint density at radius 1 is 1.08 bits per heavy atom. The molecule has 1 aromatic carbocycles. The number of ether oxygens (including phenoxy) is 2. The molecule has 0 amide bonds. The third kappa shape index (κ3) is 0.811. The third-order valence-corrected chi connectivity index (χ3v) is 2.22. The van der Waals surface area contributed by atoms with E-state index in [9.17, 15) is 4.79 Å². The lowest BCUT2D eigenvalue weighted by Gasteiger charge is -1.99. The number of hydrogen-bond donors (Lipinski definition) is 0. The first kappa shape index (κ1) is 6.71. The lowest BCUT2D eigenvalue weighted by Crippen LogP contribution is -1.93. The van der Waals surface area contributed by atoms with Crippen molar-refractivity contribution in [3.8, 4) is 11.5 Å². The standard InChI is InChI=1S/C10H6O3/c11-8-2-1-6-3-9-10(4-7(6)8)13-5-12-9/h1-4H,5H2. The summed E-state index contributed by atoms with van der Waals surface area (Å²) in [7, 11) is 0. The van der Waals surface area contributed by atoms with Gasteiger partial charge >= 0.3 is 0 Å². The van der Waals surface area contributed by atoms with Gasteiger partial charge in [0.05, 0.1) is 0 Å². The molecular formula is C10H6O3. The van der Waals surface area contributed by atoms with Crippen molar-refractivity contribution in [2.45, 2.75) is 0 Å². The molecule has 64 valence electrons. The van der Waals surface area contributed by atoms with Gasteiger partial charge in [-0.15, -0.1) is 0 Å². The minimum Gasteiger partial charge on any atom is -0.454 e. The Morgan fingerprint density at radius 2 is 1.85 bits per heavy atom. The molecule has 0 aromatic heterocycles. The summed E-state index contributed by atoms with van der Waals surface area (Å²) in [5.74, 6) is 1.42. The summed E-state index contributed by atoms with van der Waals surface area (Å²) >= 11 is 0. The first-order valence-corrected chi connectivity index (χ1v) is 4.01. The number of ketones is 1. The van der Waals surface area contributed by atoms with Crippen LogP contribution < -0.4 is 9.47 Å². The first-order chi connectivity index (χ1) is 6.34. The topological polar surface area (TPSA) is 35.5 Å². The van der Waals surface area contributed by atoms with Gasteiger partial charge in [0.15, 0.2) is 17.3 Å². The molecule has 0 fully saturated rings. The molecule has 0 atom stereocenters. The normalized spacial score (nSPS) is 16.5. The minimum atomic E-state index is 0.0355. The molecule has 0 N–H and O–H groups in total. The van der Waals surface area contributed by atoms with Crippen molar-refractivity contribution >= 4 is 11.9 Å². The Balaban J connectivity index is 2.26. The molecule has 0 unspecified atom stereocenters. The van der Waals surface area contributed by atoms with Gasteiger partial charge in [-0.2, -0.15) is 0 Å². The van der Waals surface area contributed by atoms with Crippen LogP contribution in [0.3, 0.4) is 0 Å². The van der Waals surface area contributed by atoms with Gasteiger partial charge in [-0.3, -0.25) is 4.79 Å². The SMILES string of the molecule is O=C1C=Cc2cc3c(cc21)OCO3. The Labute approximate surface area is 74.6 Å². The van der Waals surface area contributed by atoms with Gasteiger partial charge in [0.25, 0.3) is 0 Å². The van der Waals surface area contributed by atoms with E-state index in [0.717, 1.165) is 11.3 Å². The van der Waals surface area contributed by atoms with Crippen LogP contribution in [0.25, 0.3) is 6.08 Å². The van der Waals surface area contributed by atoms with E-state index in [4.69, 9.17) is 9.47 Å². The molecule has 1 aliphatic heterocycles. The molecule has 1 aromatic rings. The highest BCUT2D eigenvalue weighted by atomic mass is 16.7. The van der Waals surface area contributed by atoms with Crippen molar-refractivity contribution in [1.29, 1.82) is 0 Å². The summed E-state index contributed by atoms with van der Waals surface area (Å²) in [5.41, 5.74) is 1.61. The highest BCUT2D eigenvalue weighted by molar-refractivity contribution is 6.14. The van der Waals surface area contributed by atoms with Gasteiger partial charge in [-0.25, -0.2) is 0 Å². The van der Waals surface area contributed by atoms with Gasteiger partial charge in [-0.1, -0.05) is 6.08 Å². The molecular weight excluding hydrogens is 168 g/mol. The van der Waals surface area contributed by atoms with Crippen LogP contribution in [0.4, 0.5) is 0 Å². The summed E-state index contributed by atoms with van der Waals surface area (Å²) in [6.45, 7) is 0.246. The quantitative estimate of drug-likeness (QED) is 0.599. The molecule has 0 bridgehead atoms. The van der Waals surface area contributed by atoms with Gasteiger partial charge in [0, 0.05) is 5.56 Å². The number of fused-ring (bicyclic) bond motifs is 2. The summed E-state index contributed by atoms with van der Waals surface area (Å²) in [5, 5.41) is 0. The second-order valence-electron chi connectivity index (χ2n) is 2.99. The van der Waals surface area contributed by atoms with Crippen LogP contribution >= 0.6 is 0 Å². The molecule has 0 radical (unpaired) electrons. The minimum absolute atomic E-state index is 0.0355. The van der Waals surface area contributed by atoms with E-state index in [-0.39, 0.29) is 12.6 Å². The fourth-order valence-corrected chi connectivity index (χ4v) is 1.56. The summed E-state index contributed by atoms with van der Waals surface area (Å²) in [4.78, 5) is 11.3. The van der Waals surface area contributed by atoms with E-state index in [1.165, 1.54) is 0 Å². The summed E-state index contributed by atoms with van der Waals surface area (Å²) in [6.07, 6.45) is 3.35. The molecule has 3 heteroatoms. The monoisotopic (exact) mass is 174 g/mol. The molecule has 1 heterocycles. The molecule has 0 saturated carbocycles. The predicted molar refractivity (Wildman–Crippen MR) is 45.9 cm³/mol.